The van der Waals surface area contributed by atoms with Crippen molar-refractivity contribution in [2.45, 2.75) is 11.4 Å². The Kier molecular flexibility index (Phi) is 7.57. The molecule has 0 saturated heterocycles. The lowest BCUT2D eigenvalue weighted by Gasteiger charge is -2.21. The van der Waals surface area contributed by atoms with Crippen LogP contribution in [0.5, 0.6) is 5.75 Å². The molecule has 0 atom stereocenters. The maximum atomic E-state index is 13.2. The number of nitrogens with one attached hydrogen (secondary N) is 1. The van der Waals surface area contributed by atoms with Crippen LogP contribution in [0.15, 0.2) is 82.8 Å². The van der Waals surface area contributed by atoms with Gasteiger partial charge in [0.1, 0.15) is 11.6 Å². The van der Waals surface area contributed by atoms with Crippen molar-refractivity contribution in [1.29, 1.82) is 0 Å². The highest BCUT2D eigenvalue weighted by Gasteiger charge is 2.27. The second-order valence-corrected chi connectivity index (χ2v) is 9.12. The van der Waals surface area contributed by atoms with Crippen molar-refractivity contribution in [3.05, 3.63) is 94.8 Å². The van der Waals surface area contributed by atoms with Crippen LogP contribution in [0.2, 0.25) is 5.02 Å². The predicted octanol–water partition coefficient (Wildman–Crippen LogP) is 3.53. The zero-order valence-electron chi connectivity index (χ0n) is 16.7. The summed E-state index contributed by atoms with van der Waals surface area (Å²) >= 11 is 5.85. The van der Waals surface area contributed by atoms with Gasteiger partial charge >= 0.3 is 0 Å². The first-order valence-corrected chi connectivity index (χ1v) is 11.2. The van der Waals surface area contributed by atoms with Crippen molar-refractivity contribution < 1.29 is 22.7 Å². The standard InChI is InChI=1S/C22H19ClFN3O4S/c23-18-6-10-21(11-7-18)32(30,31)27(14-16-4-8-19(24)9-5-16)15-22(29)26-25-13-17-2-1-3-20(28)12-17/h1-13,28H,14-15H2,(H,26,29)/b25-13-. The van der Waals surface area contributed by atoms with Crippen molar-refractivity contribution in [1.82, 2.24) is 9.73 Å². The van der Waals surface area contributed by atoms with E-state index < -0.39 is 28.3 Å². The second-order valence-electron chi connectivity index (χ2n) is 6.74. The van der Waals surface area contributed by atoms with Gasteiger partial charge in [0.15, 0.2) is 0 Å². The van der Waals surface area contributed by atoms with Crippen molar-refractivity contribution in [2.75, 3.05) is 6.54 Å². The van der Waals surface area contributed by atoms with E-state index >= 15 is 0 Å². The molecule has 0 bridgehead atoms. The number of hydrogen-bond acceptors (Lipinski definition) is 5. The van der Waals surface area contributed by atoms with Crippen LogP contribution < -0.4 is 5.43 Å². The first kappa shape index (κ1) is 23.4. The van der Waals surface area contributed by atoms with Crippen molar-refractivity contribution in [2.24, 2.45) is 5.10 Å². The molecule has 0 spiro atoms. The number of hydrogen-bond donors (Lipinski definition) is 2. The highest BCUT2D eigenvalue weighted by atomic mass is 35.5. The van der Waals surface area contributed by atoms with Crippen LogP contribution in [-0.4, -0.2) is 36.5 Å². The van der Waals surface area contributed by atoms with Crippen molar-refractivity contribution >= 4 is 33.7 Å². The summed E-state index contributed by atoms with van der Waals surface area (Å²) in [6.07, 6.45) is 1.32. The second kappa shape index (κ2) is 10.4. The number of nitrogens with zero attached hydrogens (tertiary/aromatic N) is 2. The molecule has 1 amide bonds. The van der Waals surface area contributed by atoms with Gasteiger partial charge in [-0.1, -0.05) is 35.9 Å². The fraction of sp³-hybridized carbons (Fsp3) is 0.0909. The van der Waals surface area contributed by atoms with Crippen LogP contribution in [0.3, 0.4) is 0 Å². The highest BCUT2D eigenvalue weighted by Crippen LogP contribution is 2.20. The van der Waals surface area contributed by atoms with Crippen LogP contribution >= 0.6 is 11.6 Å². The number of benzene rings is 3. The summed E-state index contributed by atoms with van der Waals surface area (Å²) in [6.45, 7) is -0.686. The molecule has 0 heterocycles. The molecule has 0 aliphatic carbocycles. The van der Waals surface area contributed by atoms with E-state index in [4.69, 9.17) is 11.6 Å². The van der Waals surface area contributed by atoms with E-state index in [1.807, 2.05) is 0 Å². The maximum absolute atomic E-state index is 13.2. The van der Waals surface area contributed by atoms with Crippen LogP contribution in [0.1, 0.15) is 11.1 Å². The van der Waals surface area contributed by atoms with Gasteiger partial charge in [-0.05, 0) is 59.7 Å². The van der Waals surface area contributed by atoms with Crippen molar-refractivity contribution in [3.63, 3.8) is 0 Å². The molecule has 0 fully saturated rings. The minimum Gasteiger partial charge on any atom is -0.508 e. The van der Waals surface area contributed by atoms with Gasteiger partial charge in [0.05, 0.1) is 17.7 Å². The molecule has 2 N–H and O–H groups in total. The zero-order valence-corrected chi connectivity index (χ0v) is 18.2. The topological polar surface area (TPSA) is 99.1 Å². The summed E-state index contributed by atoms with van der Waals surface area (Å²) in [4.78, 5) is 12.4. The molecular weight excluding hydrogens is 457 g/mol. The van der Waals surface area contributed by atoms with Crippen LogP contribution in [-0.2, 0) is 21.4 Å². The van der Waals surface area contributed by atoms with Gasteiger partial charge in [0.25, 0.3) is 5.91 Å². The number of amides is 1. The van der Waals surface area contributed by atoms with E-state index in [-0.39, 0.29) is 17.2 Å². The lowest BCUT2D eigenvalue weighted by atomic mass is 10.2. The molecule has 3 aromatic carbocycles. The number of hydrazone groups is 1. The number of aromatic hydroxyl groups is 1. The summed E-state index contributed by atoms with van der Waals surface area (Å²) in [5.74, 6) is -1.10. The fourth-order valence-corrected chi connectivity index (χ4v) is 4.26. The third kappa shape index (κ3) is 6.36. The first-order valence-electron chi connectivity index (χ1n) is 9.35. The van der Waals surface area contributed by atoms with Crippen LogP contribution in [0.4, 0.5) is 4.39 Å². The Hall–Kier alpha value is -3.27. The molecule has 3 aromatic rings. The first-order chi connectivity index (χ1) is 15.2. The Morgan fingerprint density at radius 3 is 2.44 bits per heavy atom. The molecule has 166 valence electrons. The minimum absolute atomic E-state index is 0.0415. The van der Waals surface area contributed by atoms with E-state index in [0.717, 1.165) is 4.31 Å². The Bertz CT molecular complexity index is 1220. The molecular formula is C22H19ClFN3O4S. The summed E-state index contributed by atoms with van der Waals surface area (Å²) < 4.78 is 40.5. The van der Waals surface area contributed by atoms with Gasteiger partial charge in [0.2, 0.25) is 10.0 Å². The fourth-order valence-electron chi connectivity index (χ4n) is 2.75. The Balaban J connectivity index is 1.79. The molecule has 0 radical (unpaired) electrons. The van der Waals surface area contributed by atoms with E-state index in [0.29, 0.717) is 16.1 Å². The molecule has 0 unspecified atom stereocenters. The average molecular weight is 476 g/mol. The van der Waals surface area contributed by atoms with Gasteiger partial charge in [0, 0.05) is 11.6 Å². The predicted molar refractivity (Wildman–Crippen MR) is 119 cm³/mol. The molecule has 32 heavy (non-hydrogen) atoms. The van der Waals surface area contributed by atoms with E-state index in [1.165, 1.54) is 66.9 Å². The Morgan fingerprint density at radius 2 is 1.78 bits per heavy atom. The summed E-state index contributed by atoms with van der Waals surface area (Å²) in [6, 6.07) is 17.1. The summed E-state index contributed by atoms with van der Waals surface area (Å²) in [7, 11) is -4.07. The largest absolute Gasteiger partial charge is 0.508 e. The lowest BCUT2D eigenvalue weighted by molar-refractivity contribution is -0.121. The summed E-state index contributed by atoms with van der Waals surface area (Å²) in [5, 5.41) is 13.6. The number of sulfonamides is 1. The third-order valence-electron chi connectivity index (χ3n) is 4.32. The lowest BCUT2D eigenvalue weighted by Crippen LogP contribution is -2.39. The highest BCUT2D eigenvalue weighted by molar-refractivity contribution is 7.89. The van der Waals surface area contributed by atoms with E-state index in [1.54, 1.807) is 12.1 Å². The number of carbonyl (C=O) groups excluding carboxylic acids is 1. The Labute approximate surface area is 189 Å². The van der Waals surface area contributed by atoms with Crippen LogP contribution in [0.25, 0.3) is 0 Å². The number of phenols is 1. The number of rotatable bonds is 8. The minimum atomic E-state index is -4.07. The van der Waals surface area contributed by atoms with E-state index in [9.17, 15) is 22.7 Å². The van der Waals surface area contributed by atoms with Crippen molar-refractivity contribution in [3.8, 4) is 5.75 Å². The molecule has 0 aliphatic heterocycles. The summed E-state index contributed by atoms with van der Waals surface area (Å²) in [5.41, 5.74) is 3.31. The van der Waals surface area contributed by atoms with Gasteiger partial charge < -0.3 is 5.11 Å². The molecule has 0 aromatic heterocycles. The van der Waals surface area contributed by atoms with Crippen LogP contribution in [0, 0.1) is 5.82 Å². The van der Waals surface area contributed by atoms with Gasteiger partial charge in [-0.25, -0.2) is 18.2 Å². The molecule has 3 rings (SSSR count). The third-order valence-corrected chi connectivity index (χ3v) is 6.37. The molecule has 10 heteroatoms. The number of halogens is 2. The Morgan fingerprint density at radius 1 is 1.09 bits per heavy atom. The molecule has 0 saturated carbocycles. The smallest absolute Gasteiger partial charge is 0.255 e. The van der Waals surface area contributed by atoms with E-state index in [2.05, 4.69) is 10.5 Å². The number of phenolic OH excluding ortho intramolecular Hbond substituents is 1. The quantitative estimate of drug-likeness (QED) is 0.384. The molecule has 0 aliphatic rings. The monoisotopic (exact) mass is 475 g/mol. The van der Waals surface area contributed by atoms with Gasteiger partial charge in [-0.15, -0.1) is 0 Å². The van der Waals surface area contributed by atoms with Gasteiger partial charge in [-0.2, -0.15) is 9.41 Å². The normalized spacial score (nSPS) is 11.7. The number of carbonyl (C=O) groups is 1. The SMILES string of the molecule is O=C(CN(Cc1ccc(F)cc1)S(=O)(=O)c1ccc(Cl)cc1)N/N=C\c1cccc(O)c1. The molecule has 7 nitrogen and oxygen atoms in total. The average Bonchev–Trinajstić information content (AvgIpc) is 2.75. The zero-order chi connectivity index (χ0) is 23.1. The van der Waals surface area contributed by atoms with Gasteiger partial charge in [-0.3, -0.25) is 4.79 Å². The maximum Gasteiger partial charge on any atom is 0.255 e.